The fraction of sp³-hybridized carbons (Fsp3) is 0.429. The molecule has 1 unspecified atom stereocenters. The Hall–Kier alpha value is -5.45. The first-order chi connectivity index (χ1) is 28.6. The normalized spacial score (nSPS) is 19.4. The van der Waals surface area contributed by atoms with Crippen LogP contribution >= 0.6 is 11.6 Å². The molecule has 0 aliphatic carbocycles. The molecule has 1 atom stereocenters. The SMILES string of the molecule is COc1cc2c(Nc3ccc(F)c(Cl)c3)ncnc2cc1OCCCN1CCC(CCN2CCN(c3cc4c(cc3F)C(=O)N(C3CCC(=O)NC3=O)C4=O)CC2)CC1. The number of amides is 4. The lowest BCUT2D eigenvalue weighted by atomic mass is 9.93. The second-order valence-corrected chi connectivity index (χ2v) is 15.8. The summed E-state index contributed by atoms with van der Waals surface area (Å²) >= 11 is 5.96. The van der Waals surface area contributed by atoms with E-state index in [0.29, 0.717) is 59.5 Å². The van der Waals surface area contributed by atoms with Crippen LogP contribution in [-0.2, 0) is 9.59 Å². The third-order valence-corrected chi connectivity index (χ3v) is 12.0. The van der Waals surface area contributed by atoms with E-state index >= 15 is 4.39 Å². The lowest BCUT2D eigenvalue weighted by Crippen LogP contribution is -2.54. The van der Waals surface area contributed by atoms with Gasteiger partial charge in [0.05, 0.1) is 41.1 Å². The molecule has 14 nitrogen and oxygen atoms in total. The van der Waals surface area contributed by atoms with Gasteiger partial charge in [0.15, 0.2) is 11.5 Å². The summed E-state index contributed by atoms with van der Waals surface area (Å²) in [5, 5.41) is 6.09. The van der Waals surface area contributed by atoms with Crippen molar-refractivity contribution in [2.45, 2.75) is 44.6 Å². The highest BCUT2D eigenvalue weighted by Crippen LogP contribution is 2.36. The van der Waals surface area contributed by atoms with E-state index in [1.54, 1.807) is 13.2 Å². The van der Waals surface area contributed by atoms with E-state index in [-0.39, 0.29) is 34.7 Å². The number of nitrogens with one attached hydrogen (secondary N) is 2. The molecule has 0 radical (unpaired) electrons. The van der Waals surface area contributed by atoms with Crippen LogP contribution in [0.1, 0.15) is 59.2 Å². The molecule has 1 aromatic heterocycles. The van der Waals surface area contributed by atoms with Crippen molar-refractivity contribution in [3.05, 3.63) is 76.6 Å². The van der Waals surface area contributed by atoms with Crippen molar-refractivity contribution in [3.63, 3.8) is 0 Å². The molecule has 4 amide bonds. The van der Waals surface area contributed by atoms with Gasteiger partial charge >= 0.3 is 0 Å². The second-order valence-electron chi connectivity index (χ2n) is 15.4. The molecular formula is C42H45ClF2N8O6. The summed E-state index contributed by atoms with van der Waals surface area (Å²) < 4.78 is 40.9. The molecular weight excluding hydrogens is 786 g/mol. The molecule has 0 spiro atoms. The number of imide groups is 2. The second kappa shape index (κ2) is 17.4. The minimum Gasteiger partial charge on any atom is -0.493 e. The number of methoxy groups -OCH3 is 1. The zero-order chi connectivity index (χ0) is 41.2. The maximum Gasteiger partial charge on any atom is 0.262 e. The van der Waals surface area contributed by atoms with Gasteiger partial charge in [-0.2, -0.15) is 0 Å². The van der Waals surface area contributed by atoms with E-state index in [9.17, 15) is 23.6 Å². The molecule has 3 saturated heterocycles. The van der Waals surface area contributed by atoms with Crippen LogP contribution in [0.3, 0.4) is 0 Å². The molecule has 5 heterocycles. The smallest absolute Gasteiger partial charge is 0.262 e. The summed E-state index contributed by atoms with van der Waals surface area (Å²) in [7, 11) is 1.59. The highest BCUT2D eigenvalue weighted by molar-refractivity contribution is 6.31. The minimum atomic E-state index is -1.09. The lowest BCUT2D eigenvalue weighted by molar-refractivity contribution is -0.136. The first-order valence-corrected chi connectivity index (χ1v) is 20.4. The zero-order valence-electron chi connectivity index (χ0n) is 32.6. The quantitative estimate of drug-likeness (QED) is 0.131. The topological polar surface area (TPSA) is 150 Å². The molecule has 4 aromatic rings. The maximum absolute atomic E-state index is 15.4. The number of anilines is 3. The number of carbonyl (C=O) groups is 4. The first-order valence-electron chi connectivity index (χ1n) is 20.0. The fourth-order valence-electron chi connectivity index (χ4n) is 8.41. The Morgan fingerprint density at radius 1 is 0.847 bits per heavy atom. The molecule has 17 heteroatoms. The van der Waals surface area contributed by atoms with Crippen molar-refractivity contribution < 1.29 is 37.4 Å². The van der Waals surface area contributed by atoms with E-state index in [2.05, 4.69) is 30.4 Å². The average Bonchev–Trinajstić information content (AvgIpc) is 3.47. The van der Waals surface area contributed by atoms with Crippen molar-refractivity contribution in [1.82, 2.24) is 30.0 Å². The molecule has 4 aliphatic rings. The molecule has 3 fully saturated rings. The highest BCUT2D eigenvalue weighted by atomic mass is 35.5. The number of piperidine rings is 2. The number of halogens is 3. The Kier molecular flexibility index (Phi) is 11.9. The lowest BCUT2D eigenvalue weighted by Gasteiger charge is -2.38. The van der Waals surface area contributed by atoms with Crippen LogP contribution in [0.2, 0.25) is 5.02 Å². The third kappa shape index (κ3) is 8.66. The Morgan fingerprint density at radius 3 is 2.32 bits per heavy atom. The van der Waals surface area contributed by atoms with Gasteiger partial charge in [0.1, 0.15) is 29.8 Å². The third-order valence-electron chi connectivity index (χ3n) is 11.8. The van der Waals surface area contributed by atoms with Crippen molar-refractivity contribution in [1.29, 1.82) is 0 Å². The van der Waals surface area contributed by atoms with Gasteiger partial charge in [-0.25, -0.2) is 18.7 Å². The van der Waals surface area contributed by atoms with Crippen LogP contribution in [0, 0.1) is 17.6 Å². The predicted molar refractivity (Wildman–Crippen MR) is 216 cm³/mol. The summed E-state index contributed by atoms with van der Waals surface area (Å²) in [6.45, 7) is 7.14. The number of benzene rings is 3. The molecule has 4 aliphatic heterocycles. The molecule has 59 heavy (non-hydrogen) atoms. The highest BCUT2D eigenvalue weighted by Gasteiger charge is 2.45. The van der Waals surface area contributed by atoms with Crippen molar-refractivity contribution in [3.8, 4) is 11.5 Å². The average molecular weight is 831 g/mol. The Balaban J connectivity index is 0.759. The monoisotopic (exact) mass is 830 g/mol. The van der Waals surface area contributed by atoms with Gasteiger partial charge < -0.3 is 24.6 Å². The first kappa shape index (κ1) is 40.3. The summed E-state index contributed by atoms with van der Waals surface area (Å²) in [6, 6.07) is 9.48. The van der Waals surface area contributed by atoms with Crippen LogP contribution in [0.25, 0.3) is 10.9 Å². The van der Waals surface area contributed by atoms with Crippen molar-refractivity contribution >= 4 is 63.3 Å². The Labute approximate surface area is 344 Å². The number of aromatic nitrogens is 2. The zero-order valence-corrected chi connectivity index (χ0v) is 33.4. The van der Waals surface area contributed by atoms with Gasteiger partial charge in [-0.3, -0.25) is 34.3 Å². The molecule has 0 bridgehead atoms. The number of rotatable bonds is 13. The molecule has 310 valence electrons. The number of hydrogen-bond donors (Lipinski definition) is 2. The molecule has 2 N–H and O–H groups in total. The van der Waals surface area contributed by atoms with Gasteiger partial charge in [-0.05, 0) is 94.1 Å². The number of likely N-dealkylation sites (tertiary alicyclic amines) is 1. The summed E-state index contributed by atoms with van der Waals surface area (Å²) in [6.07, 6.45) is 5.72. The van der Waals surface area contributed by atoms with E-state index in [0.717, 1.165) is 75.9 Å². The van der Waals surface area contributed by atoms with Gasteiger partial charge in [0.2, 0.25) is 11.8 Å². The van der Waals surface area contributed by atoms with Crippen LogP contribution in [0.4, 0.5) is 26.0 Å². The van der Waals surface area contributed by atoms with Gasteiger partial charge in [0.25, 0.3) is 11.8 Å². The number of ether oxygens (including phenoxy) is 2. The number of fused-ring (bicyclic) bond motifs is 2. The van der Waals surface area contributed by atoms with E-state index in [1.165, 1.54) is 24.5 Å². The van der Waals surface area contributed by atoms with E-state index in [4.69, 9.17) is 21.1 Å². The largest absolute Gasteiger partial charge is 0.493 e. The van der Waals surface area contributed by atoms with Crippen LogP contribution in [-0.4, -0.2) is 120 Å². The number of piperazine rings is 1. The standard InChI is InChI=1S/C42H45ClF2N8O6/c1-58-36-22-29-33(46-24-47-39(29)48-26-3-4-31(44)30(43)19-26)23-37(36)59-18-2-10-50-11-7-25(8-12-50)9-13-51-14-16-52(17-15-51)35-21-28-27(20-32(35)45)41(56)53(42(28)57)34-5-6-38(54)49-40(34)55/h3-4,19-25,34H,2,5-18H2,1H3,(H,46,47,48)(H,49,54,55). The minimum absolute atomic E-state index is 0.00977. The fourth-order valence-corrected chi connectivity index (χ4v) is 8.60. The number of nitrogens with zero attached hydrogens (tertiary/aromatic N) is 6. The van der Waals surface area contributed by atoms with E-state index < -0.39 is 41.3 Å². The maximum atomic E-state index is 15.4. The van der Waals surface area contributed by atoms with Crippen LogP contribution in [0.15, 0.2) is 48.8 Å². The van der Waals surface area contributed by atoms with Crippen molar-refractivity contribution in [2.75, 3.05) is 76.3 Å². The van der Waals surface area contributed by atoms with Gasteiger partial charge in [0, 0.05) is 56.3 Å². The van der Waals surface area contributed by atoms with Crippen LogP contribution in [0.5, 0.6) is 11.5 Å². The van der Waals surface area contributed by atoms with E-state index in [1.807, 2.05) is 17.0 Å². The molecule has 8 rings (SSSR count). The van der Waals surface area contributed by atoms with Gasteiger partial charge in [-0.15, -0.1) is 0 Å². The van der Waals surface area contributed by atoms with Gasteiger partial charge in [-0.1, -0.05) is 11.6 Å². The predicted octanol–water partition coefficient (Wildman–Crippen LogP) is 5.41. The van der Waals surface area contributed by atoms with Crippen LogP contribution < -0.4 is 25.0 Å². The Bertz CT molecular complexity index is 2280. The van der Waals surface area contributed by atoms with Crippen molar-refractivity contribution in [2.24, 2.45) is 5.92 Å². The molecule has 0 saturated carbocycles. The Morgan fingerprint density at radius 2 is 1.59 bits per heavy atom. The summed E-state index contributed by atoms with van der Waals surface area (Å²) in [5.41, 5.74) is 1.56. The number of carbonyl (C=O) groups excluding carboxylic acids is 4. The summed E-state index contributed by atoms with van der Waals surface area (Å²) in [4.78, 5) is 66.8. The number of hydrogen-bond acceptors (Lipinski definition) is 12. The summed E-state index contributed by atoms with van der Waals surface area (Å²) in [5.74, 6) is -1.27. The molecule has 3 aromatic carbocycles.